The van der Waals surface area contributed by atoms with Crippen LogP contribution in [0.1, 0.15) is 140 Å². The summed E-state index contributed by atoms with van der Waals surface area (Å²) >= 11 is 6.78. The molecule has 0 bridgehead atoms. The number of anilines is 6. The molecule has 0 spiro atoms. The van der Waals surface area contributed by atoms with E-state index in [1.165, 1.54) is 109 Å². The van der Waals surface area contributed by atoms with Crippen LogP contribution in [0.25, 0.3) is 85.9 Å². The Morgan fingerprint density at radius 3 is 1.02 bits per heavy atom. The maximum atomic E-state index is 12.2. The SMILES string of the molecule is C[C@H](O)C(=O)N1CCN(Cc2csc3c(-c4cccc5c4C=NC5)nc(N4CCCCC4)nc23)CC1.Cc1sc2c(-c3cnc(N)nc3)nc(N3CCCCC3)nc2c1CN1CCN(C(=O)[C@@H](C)O)CC1.Nc1ncc(-c2nc(N3CCCCC3)nc3c(CN4CCN(C(=O)CO)CC4)csc23)cn1.O=C(CO)N1CCN(Cc2csc3c(-c4cccc5c4C=NC5)nc(N4CCCCC4)nc23)CC1. The van der Waals surface area contributed by atoms with Crippen LogP contribution in [0, 0.1) is 6.92 Å². The summed E-state index contributed by atoms with van der Waals surface area (Å²) in [7, 11) is 0. The fraction of sp³-hybridized carbons (Fsp3) is 0.495. The van der Waals surface area contributed by atoms with Gasteiger partial charge in [0.25, 0.3) is 11.8 Å². The molecule has 10 aliphatic rings. The van der Waals surface area contributed by atoms with Gasteiger partial charge in [-0.1, -0.05) is 36.4 Å². The van der Waals surface area contributed by atoms with Gasteiger partial charge in [-0.25, -0.2) is 59.8 Å². The molecule has 0 radical (unpaired) electrons. The van der Waals surface area contributed by atoms with Gasteiger partial charge in [0.15, 0.2) is 0 Å². The Labute approximate surface area is 823 Å². The van der Waals surface area contributed by atoms with Crippen LogP contribution >= 0.6 is 45.3 Å². The second-order valence-electron chi connectivity index (χ2n) is 37.4. The lowest BCUT2D eigenvalue weighted by atomic mass is 10.0. The van der Waals surface area contributed by atoms with Crippen molar-refractivity contribution in [3.05, 3.63) is 127 Å². The number of hydrogen-bond acceptors (Lipinski definition) is 36. The van der Waals surface area contributed by atoms with Gasteiger partial charge in [-0.05, 0) is 125 Å². The molecule has 36 nitrogen and oxygen atoms in total. The Morgan fingerprint density at radius 1 is 0.374 bits per heavy atom. The van der Waals surface area contributed by atoms with Crippen molar-refractivity contribution in [1.29, 1.82) is 0 Å². The Hall–Kier alpha value is -11.5. The highest BCUT2D eigenvalue weighted by Gasteiger charge is 2.34. The van der Waals surface area contributed by atoms with Crippen molar-refractivity contribution >= 4 is 158 Å². The van der Waals surface area contributed by atoms with Crippen molar-refractivity contribution in [1.82, 2.24) is 99.0 Å². The summed E-state index contributed by atoms with van der Waals surface area (Å²) < 4.78 is 4.31. The number of aryl methyl sites for hydroxylation is 1. The topological polar surface area (TPSA) is 420 Å². The predicted molar refractivity (Wildman–Crippen MR) is 548 cm³/mol. The lowest BCUT2D eigenvalue weighted by molar-refractivity contribution is -0.141. The number of fused-ring (bicyclic) bond motifs is 6. The molecule has 139 heavy (non-hydrogen) atoms. The summed E-state index contributed by atoms with van der Waals surface area (Å²) in [5.41, 5.74) is 32.8. The third-order valence-electron chi connectivity index (χ3n) is 27.9. The maximum Gasteiger partial charge on any atom is 0.251 e. The molecule has 0 unspecified atom stereocenters. The average molecular weight is 1960 g/mol. The normalized spacial score (nSPS) is 18.4. The highest BCUT2D eigenvalue weighted by molar-refractivity contribution is 7.20. The van der Waals surface area contributed by atoms with E-state index in [9.17, 15) is 29.4 Å². The van der Waals surface area contributed by atoms with Crippen LogP contribution < -0.4 is 31.1 Å². The molecule has 40 heteroatoms. The molecule has 4 amide bonds. The number of aliphatic hydroxyl groups excluding tert-OH is 4. The largest absolute Gasteiger partial charge is 0.387 e. The first kappa shape index (κ1) is 96.3. The minimum atomic E-state index is -0.953. The lowest BCUT2D eigenvalue weighted by Gasteiger charge is -2.35. The average Bonchev–Trinajstić information content (AvgIpc) is 1.65. The minimum Gasteiger partial charge on any atom is -0.387 e. The van der Waals surface area contributed by atoms with Gasteiger partial charge < -0.3 is 71.1 Å². The summed E-state index contributed by atoms with van der Waals surface area (Å²) in [6.45, 7) is 28.1. The lowest BCUT2D eigenvalue weighted by Crippen LogP contribution is -2.50. The van der Waals surface area contributed by atoms with Crippen LogP contribution in [0.15, 0.2) is 87.3 Å². The number of piperidine rings is 4. The Bertz CT molecular complexity index is 6430. The van der Waals surface area contributed by atoms with Gasteiger partial charge in [0.1, 0.15) is 25.4 Å². The van der Waals surface area contributed by atoms with E-state index >= 15 is 0 Å². The number of aromatic nitrogens is 12. The third-order valence-corrected chi connectivity index (χ3v) is 32.1. The van der Waals surface area contributed by atoms with E-state index in [0.717, 1.165) is 285 Å². The van der Waals surface area contributed by atoms with Crippen LogP contribution in [0.5, 0.6) is 0 Å². The fourth-order valence-corrected chi connectivity index (χ4v) is 24.2. The zero-order valence-electron chi connectivity index (χ0n) is 79.3. The molecular weight excluding hydrogens is 1840 g/mol. The second kappa shape index (κ2) is 44.1. The van der Waals surface area contributed by atoms with Crippen molar-refractivity contribution in [2.45, 2.75) is 149 Å². The second-order valence-corrected chi connectivity index (χ2v) is 41.2. The molecule has 8 fully saturated rings. The molecule has 22 rings (SSSR count). The highest BCUT2D eigenvalue weighted by atomic mass is 32.1. The van der Waals surface area contributed by atoms with Crippen LogP contribution in [0.2, 0.25) is 0 Å². The standard InChI is InChI=1S/C27H32N6O2S.C26H30N6O2S.C24H32N8O2S.C22H28N8O2S/c1-18(34)26(35)32-12-10-31(11-13-32)16-20-17-36-25-23(20)29-27(33-8-3-2-4-9-33)30-24(25)21-7-5-6-19-14-28-15-22(19)21;33-16-22(34)31-11-9-30(10-12-31)15-19-17-35-25-23(19)28-26(32-7-2-1-3-8-32)29-24(25)20-6-4-5-18-13-27-14-21(18)20;1-15(33)22(34)31-10-8-30(9-11-31)14-18-16(2)35-21-19(17-12-26-23(25)27-13-17)28-24(29-20(18)21)32-6-4-3-5-7-32;23-21-24-10-15(11-25-21)18-20-19(27-22(26-18)30-4-2-1-3-5-30)16(14-33-20)12-28-6-8-29(9-7-28)17(32)13-31/h5-7,15,17-18,34H,2-4,8-14,16H2,1H3;4-6,14,17,33H,1-3,7-13,15-16H2;12-13,15,33H,3-11,14H2,1-2H3,(H2,25,26,27);10-11,14,31H,1-9,12-13H2,(H2,23,24,25)/t18-;;15-;/m0.1./s1. The van der Waals surface area contributed by atoms with Crippen molar-refractivity contribution < 1.29 is 39.6 Å². The molecule has 12 aromatic rings. The van der Waals surface area contributed by atoms with Crippen molar-refractivity contribution in [3.63, 3.8) is 0 Å². The number of benzene rings is 2. The number of amides is 4. The Balaban J connectivity index is 0.000000118. The molecule has 2 aromatic carbocycles. The third kappa shape index (κ3) is 21.8. The van der Waals surface area contributed by atoms with Crippen molar-refractivity contribution in [3.8, 4) is 45.0 Å². The first-order valence-electron chi connectivity index (χ1n) is 49.0. The molecule has 2 atom stereocenters. The van der Waals surface area contributed by atoms with E-state index in [1.54, 1.807) is 89.7 Å². The van der Waals surface area contributed by atoms with Gasteiger partial charge in [-0.15, -0.1) is 45.3 Å². The number of nitrogens with zero attached hydrogens (tertiary/aromatic N) is 26. The van der Waals surface area contributed by atoms with E-state index in [-0.39, 0.29) is 35.5 Å². The monoisotopic (exact) mass is 1960 g/mol. The quantitative estimate of drug-likeness (QED) is 0.0413. The van der Waals surface area contributed by atoms with E-state index in [0.29, 0.717) is 52.4 Å². The van der Waals surface area contributed by atoms with E-state index < -0.39 is 25.4 Å². The molecule has 8 N–H and O–H groups in total. The van der Waals surface area contributed by atoms with Gasteiger partial charge in [0.2, 0.25) is 47.5 Å². The summed E-state index contributed by atoms with van der Waals surface area (Å²) in [6, 6.07) is 12.8. The number of rotatable bonds is 20. The number of hydrogen-bond donors (Lipinski definition) is 6. The molecular formula is C99H122N28O8S4. The van der Waals surface area contributed by atoms with Crippen LogP contribution in [0.3, 0.4) is 0 Å². The van der Waals surface area contributed by atoms with Gasteiger partial charge in [0, 0.05) is 281 Å². The molecule has 0 aliphatic carbocycles. The number of nitrogen functional groups attached to an aromatic ring is 2. The number of nitrogens with two attached hydrogens (primary N) is 2. The molecule has 730 valence electrons. The summed E-state index contributed by atoms with van der Waals surface area (Å²) in [5, 5.41) is 44.2. The van der Waals surface area contributed by atoms with Gasteiger partial charge in [-0.3, -0.25) is 48.8 Å². The van der Waals surface area contributed by atoms with Gasteiger partial charge in [-0.2, -0.15) is 0 Å². The van der Waals surface area contributed by atoms with E-state index in [4.69, 9.17) is 61.6 Å². The zero-order chi connectivity index (χ0) is 95.7. The first-order valence-corrected chi connectivity index (χ1v) is 52.4. The van der Waals surface area contributed by atoms with E-state index in [1.807, 2.05) is 12.4 Å². The number of aliphatic imine (C=N–C) groups is 2. The molecule has 10 aromatic heterocycles. The molecule has 0 saturated carbocycles. The number of carbonyl (C=O) groups is 4. The molecule has 10 aliphatic heterocycles. The summed E-state index contributed by atoms with van der Waals surface area (Å²) in [4.78, 5) is 141. The number of thiophene rings is 4. The van der Waals surface area contributed by atoms with Crippen molar-refractivity contribution in [2.24, 2.45) is 9.98 Å². The number of piperazine rings is 4. The van der Waals surface area contributed by atoms with Crippen LogP contribution in [0.4, 0.5) is 35.7 Å². The number of carbonyl (C=O) groups excluding carboxylic acids is 4. The van der Waals surface area contributed by atoms with E-state index in [2.05, 4.69) is 129 Å². The predicted octanol–water partition coefficient (Wildman–Crippen LogP) is 9.64. The minimum absolute atomic E-state index is 0.182. The van der Waals surface area contributed by atoms with Crippen LogP contribution in [-0.2, 0) is 58.4 Å². The molecule has 20 heterocycles. The van der Waals surface area contributed by atoms with Gasteiger partial charge >= 0.3 is 0 Å². The van der Waals surface area contributed by atoms with Crippen molar-refractivity contribution in [2.75, 3.05) is 201 Å². The van der Waals surface area contributed by atoms with Crippen LogP contribution in [-0.4, -0.2) is 338 Å². The Kier molecular flexibility index (Phi) is 30.6. The smallest absolute Gasteiger partial charge is 0.251 e. The Morgan fingerprint density at radius 2 is 0.683 bits per heavy atom. The zero-order valence-corrected chi connectivity index (χ0v) is 82.5. The summed E-state index contributed by atoms with van der Waals surface area (Å²) in [5.74, 6) is 2.89. The highest BCUT2D eigenvalue weighted by Crippen LogP contribution is 2.44. The summed E-state index contributed by atoms with van der Waals surface area (Å²) in [6.07, 6.45) is 23.3. The molecule has 8 saturated heterocycles. The first-order chi connectivity index (χ1) is 67.8. The van der Waals surface area contributed by atoms with Gasteiger partial charge in [0.05, 0.1) is 76.7 Å². The maximum absolute atomic E-state index is 12.2. The fourth-order valence-electron chi connectivity index (χ4n) is 20.1. The number of aliphatic hydroxyl groups is 4.